The summed E-state index contributed by atoms with van der Waals surface area (Å²) >= 11 is 0. The van der Waals surface area contributed by atoms with Crippen molar-refractivity contribution in [3.63, 3.8) is 0 Å². The van der Waals surface area contributed by atoms with Gasteiger partial charge in [-0.05, 0) is 19.3 Å². The van der Waals surface area contributed by atoms with E-state index in [4.69, 9.17) is 9.47 Å². The zero-order chi connectivity index (χ0) is 18.8. The van der Waals surface area contributed by atoms with Gasteiger partial charge in [-0.1, -0.05) is 12.5 Å². The van der Waals surface area contributed by atoms with Crippen LogP contribution in [0.5, 0.6) is 0 Å². The normalized spacial score (nSPS) is 25.6. The molecule has 1 rings (SSSR count). The van der Waals surface area contributed by atoms with E-state index in [0.29, 0.717) is 19.3 Å². The Morgan fingerprint density at radius 1 is 1.04 bits per heavy atom. The Hall–Kier alpha value is -2.18. The summed E-state index contributed by atoms with van der Waals surface area (Å²) < 4.78 is 15.1. The fourth-order valence-corrected chi connectivity index (χ4v) is 3.23. The number of carbonyl (C=O) groups is 4. The smallest absolute Gasteiger partial charge is 0.330 e. The summed E-state index contributed by atoms with van der Waals surface area (Å²) in [5, 5.41) is 0. The summed E-state index contributed by atoms with van der Waals surface area (Å²) in [4.78, 5) is 45.0. The van der Waals surface area contributed by atoms with Gasteiger partial charge in [0.25, 0.3) is 0 Å². The molecule has 7 heteroatoms. The van der Waals surface area contributed by atoms with E-state index in [1.54, 1.807) is 6.08 Å². The number of esters is 3. The van der Waals surface area contributed by atoms with Crippen LogP contribution < -0.4 is 0 Å². The van der Waals surface area contributed by atoms with Crippen molar-refractivity contribution in [3.8, 4) is 0 Å². The van der Waals surface area contributed by atoms with Crippen LogP contribution in [0.15, 0.2) is 12.2 Å². The molecule has 0 spiro atoms. The largest absolute Gasteiger partial charge is 0.466 e. The molecule has 1 fully saturated rings. The van der Waals surface area contributed by atoms with Gasteiger partial charge in [0.2, 0.25) is 0 Å². The predicted molar refractivity (Wildman–Crippen MR) is 88.4 cm³/mol. The average Bonchev–Trinajstić information content (AvgIpc) is 2.85. The van der Waals surface area contributed by atoms with Gasteiger partial charge in [-0.25, -0.2) is 4.79 Å². The van der Waals surface area contributed by atoms with Crippen LogP contribution >= 0.6 is 0 Å². The summed E-state index contributed by atoms with van der Waals surface area (Å²) in [6, 6.07) is 0. The molecule has 140 valence electrons. The van der Waals surface area contributed by atoms with Gasteiger partial charge in [0.1, 0.15) is 18.5 Å². The summed E-state index contributed by atoms with van der Waals surface area (Å²) in [6.45, 7) is 2.62. The average molecular weight is 354 g/mol. The van der Waals surface area contributed by atoms with Gasteiger partial charge >= 0.3 is 17.9 Å². The maximum Gasteiger partial charge on any atom is 0.330 e. The van der Waals surface area contributed by atoms with Gasteiger partial charge in [0, 0.05) is 32.3 Å². The van der Waals surface area contributed by atoms with E-state index >= 15 is 0 Å². The number of methoxy groups -OCH3 is 1. The van der Waals surface area contributed by atoms with Crippen LogP contribution in [-0.2, 0) is 33.4 Å². The summed E-state index contributed by atoms with van der Waals surface area (Å²) in [6.07, 6.45) is 6.27. The second-order valence-corrected chi connectivity index (χ2v) is 6.12. The minimum atomic E-state index is -0.552. The van der Waals surface area contributed by atoms with Gasteiger partial charge in [-0.3, -0.25) is 9.59 Å². The molecule has 0 radical (unpaired) electrons. The first-order valence-electron chi connectivity index (χ1n) is 8.43. The number of rotatable bonds is 9. The van der Waals surface area contributed by atoms with Gasteiger partial charge in [-0.2, -0.15) is 0 Å². The van der Waals surface area contributed by atoms with E-state index in [2.05, 4.69) is 4.74 Å². The Labute approximate surface area is 147 Å². The first-order valence-corrected chi connectivity index (χ1v) is 8.43. The number of unbranched alkanes of at least 4 members (excludes halogenated alkanes) is 2. The third-order valence-electron chi connectivity index (χ3n) is 4.27. The summed E-state index contributed by atoms with van der Waals surface area (Å²) in [5.41, 5.74) is 0. The lowest BCUT2D eigenvalue weighted by Gasteiger charge is -2.22. The van der Waals surface area contributed by atoms with Crippen LogP contribution in [0.4, 0.5) is 0 Å². The molecule has 1 aliphatic rings. The molecule has 1 saturated carbocycles. The first-order chi connectivity index (χ1) is 11.9. The van der Waals surface area contributed by atoms with Gasteiger partial charge in [0.05, 0.1) is 13.0 Å². The fourth-order valence-electron chi connectivity index (χ4n) is 3.23. The molecule has 0 unspecified atom stereocenters. The van der Waals surface area contributed by atoms with Crippen LogP contribution in [-0.4, -0.2) is 43.5 Å². The van der Waals surface area contributed by atoms with Crippen molar-refractivity contribution < 1.29 is 33.4 Å². The van der Waals surface area contributed by atoms with Crippen LogP contribution in [0.25, 0.3) is 0 Å². The molecule has 0 aromatic rings. The highest BCUT2D eigenvalue weighted by molar-refractivity contribution is 5.81. The Morgan fingerprint density at radius 3 is 2.24 bits per heavy atom. The molecule has 0 aromatic heterocycles. The highest BCUT2D eigenvalue weighted by Gasteiger charge is 2.46. The molecule has 0 bridgehead atoms. The zero-order valence-corrected chi connectivity index (χ0v) is 14.9. The molecule has 0 saturated heterocycles. The summed E-state index contributed by atoms with van der Waals surface area (Å²) in [5.74, 6) is -1.90. The Kier molecular flexibility index (Phi) is 8.88. The maximum absolute atomic E-state index is 11.5. The summed E-state index contributed by atoms with van der Waals surface area (Å²) in [7, 11) is 1.32. The zero-order valence-electron chi connectivity index (χ0n) is 14.9. The molecule has 0 aliphatic heterocycles. The van der Waals surface area contributed by atoms with E-state index in [9.17, 15) is 19.2 Å². The highest BCUT2D eigenvalue weighted by Crippen LogP contribution is 2.38. The second kappa shape index (κ2) is 10.6. The van der Waals surface area contributed by atoms with Crippen LogP contribution in [0.3, 0.4) is 0 Å². The lowest BCUT2D eigenvalue weighted by atomic mass is 9.89. The van der Waals surface area contributed by atoms with Gasteiger partial charge < -0.3 is 19.0 Å². The predicted octanol–water partition coefficient (Wildman–Crippen LogP) is 1.97. The van der Waals surface area contributed by atoms with Crippen LogP contribution in [0.2, 0.25) is 0 Å². The minimum absolute atomic E-state index is 0.171. The van der Waals surface area contributed by atoms with E-state index < -0.39 is 36.0 Å². The molecule has 0 N–H and O–H groups in total. The molecular weight excluding hydrogens is 328 g/mol. The highest BCUT2D eigenvalue weighted by atomic mass is 16.6. The molecule has 25 heavy (non-hydrogen) atoms. The number of allylic oxidation sites excluding steroid dienone is 1. The van der Waals surface area contributed by atoms with Crippen LogP contribution in [0, 0.1) is 11.8 Å². The second-order valence-electron chi connectivity index (χ2n) is 6.12. The van der Waals surface area contributed by atoms with Crippen molar-refractivity contribution in [2.24, 2.45) is 11.8 Å². The first kappa shape index (κ1) is 20.9. The lowest BCUT2D eigenvalue weighted by molar-refractivity contribution is -0.149. The minimum Gasteiger partial charge on any atom is -0.466 e. The third-order valence-corrected chi connectivity index (χ3v) is 4.27. The van der Waals surface area contributed by atoms with Crippen molar-refractivity contribution in [3.05, 3.63) is 12.2 Å². The van der Waals surface area contributed by atoms with Gasteiger partial charge in [-0.15, -0.1) is 0 Å². The SMILES string of the molecule is COC(=O)/C=C/CCCC[C@@H]1[C@@H](C=O)[C@H](OC(C)=O)C[C@@H]1OC(C)=O. The monoisotopic (exact) mass is 354 g/mol. The van der Waals surface area contributed by atoms with E-state index in [0.717, 1.165) is 19.1 Å². The number of carbonyl (C=O) groups excluding carboxylic acids is 4. The number of hydrogen-bond donors (Lipinski definition) is 0. The fraction of sp³-hybridized carbons (Fsp3) is 0.667. The molecular formula is C18H26O7. The van der Waals surface area contributed by atoms with Crippen molar-refractivity contribution >= 4 is 24.2 Å². The molecule has 1 aliphatic carbocycles. The molecule has 0 amide bonds. The molecule has 0 aromatic carbocycles. The van der Waals surface area contributed by atoms with E-state index in [1.807, 2.05) is 0 Å². The number of hydrogen-bond acceptors (Lipinski definition) is 7. The van der Waals surface area contributed by atoms with Crippen molar-refractivity contribution in [1.82, 2.24) is 0 Å². The maximum atomic E-state index is 11.5. The Bertz CT molecular complexity index is 512. The number of ether oxygens (including phenoxy) is 3. The Morgan fingerprint density at radius 2 is 1.68 bits per heavy atom. The molecule has 7 nitrogen and oxygen atoms in total. The van der Waals surface area contributed by atoms with Crippen molar-refractivity contribution in [1.29, 1.82) is 0 Å². The topological polar surface area (TPSA) is 96.0 Å². The van der Waals surface area contributed by atoms with Crippen molar-refractivity contribution in [2.45, 2.75) is 58.2 Å². The van der Waals surface area contributed by atoms with E-state index in [-0.39, 0.29) is 5.92 Å². The van der Waals surface area contributed by atoms with Crippen molar-refractivity contribution in [2.75, 3.05) is 7.11 Å². The standard InChI is InChI=1S/C18H26O7/c1-12(20)24-16-10-17(25-13(2)21)15(11-19)14(16)8-6-4-5-7-9-18(22)23-3/h7,9,11,14-17H,4-6,8,10H2,1-3H3/b9-7+/t14-,15-,16+,17-/m1/s1. The van der Waals surface area contributed by atoms with Gasteiger partial charge in [0.15, 0.2) is 0 Å². The third kappa shape index (κ3) is 7.07. The van der Waals surface area contributed by atoms with E-state index in [1.165, 1.54) is 27.0 Å². The Balaban J connectivity index is 2.59. The van der Waals surface area contributed by atoms with Crippen LogP contribution in [0.1, 0.15) is 46.0 Å². The lowest BCUT2D eigenvalue weighted by Crippen LogP contribution is -2.27. The quantitative estimate of drug-likeness (QED) is 0.205. The molecule has 4 atom stereocenters. The molecule has 0 heterocycles. The number of aldehydes is 1.